The maximum atomic E-state index is 6.07. The van der Waals surface area contributed by atoms with Crippen molar-refractivity contribution >= 4 is 11.2 Å². The van der Waals surface area contributed by atoms with E-state index in [4.69, 9.17) is 4.74 Å². The Morgan fingerprint density at radius 1 is 1.22 bits per heavy atom. The van der Waals surface area contributed by atoms with Gasteiger partial charge in [-0.05, 0) is 44.7 Å². The Morgan fingerprint density at radius 2 is 1.96 bits per heavy atom. The summed E-state index contributed by atoms with van der Waals surface area (Å²) in [6.07, 6.45) is 4.06. The molecule has 3 rings (SSSR count). The van der Waals surface area contributed by atoms with Gasteiger partial charge in [0.1, 0.15) is 18.8 Å². The van der Waals surface area contributed by atoms with Gasteiger partial charge in [0.15, 0.2) is 0 Å². The van der Waals surface area contributed by atoms with Crippen LogP contribution in [0, 0.1) is 13.8 Å². The van der Waals surface area contributed by atoms with Gasteiger partial charge >= 0.3 is 0 Å². The quantitative estimate of drug-likeness (QED) is 0.862. The van der Waals surface area contributed by atoms with E-state index in [0.29, 0.717) is 12.5 Å². The number of likely N-dealkylation sites (N-methyl/N-ethyl adjacent to an activating group) is 1. The zero-order valence-corrected chi connectivity index (χ0v) is 14.9. The number of anilines is 1. The van der Waals surface area contributed by atoms with E-state index in [-0.39, 0.29) is 0 Å². The van der Waals surface area contributed by atoms with Gasteiger partial charge in [0.25, 0.3) is 5.88 Å². The Hall–Kier alpha value is -1.75. The predicted octanol–water partition coefficient (Wildman–Crippen LogP) is 3.00. The number of quaternary nitrogens is 1. The van der Waals surface area contributed by atoms with Crippen LogP contribution < -0.4 is 10.1 Å². The number of aromatic nitrogens is 2. The zero-order chi connectivity index (χ0) is 16.4. The summed E-state index contributed by atoms with van der Waals surface area (Å²) < 4.78 is 9.17. The Kier molecular flexibility index (Phi) is 4.48. The number of fused-ring (bicyclic) bond motifs is 1. The first-order valence-electron chi connectivity index (χ1n) is 8.67. The molecule has 1 aliphatic rings. The molecule has 3 heterocycles. The molecule has 126 valence electrons. The molecule has 0 amide bonds. The molecule has 1 saturated heterocycles. The van der Waals surface area contributed by atoms with Gasteiger partial charge in [0.2, 0.25) is 0 Å². The molecule has 5 nitrogen and oxygen atoms in total. The number of nitrogens with zero attached hydrogens (tertiary/aromatic N) is 3. The normalized spacial score (nSPS) is 17.4. The first-order valence-corrected chi connectivity index (χ1v) is 8.67. The van der Waals surface area contributed by atoms with Crippen LogP contribution in [0.15, 0.2) is 12.1 Å². The number of aryl methyl sites for hydroxylation is 2. The molecule has 0 bridgehead atoms. The summed E-state index contributed by atoms with van der Waals surface area (Å²) in [5, 5.41) is 7.92. The first-order chi connectivity index (χ1) is 11.0. The third-order valence-corrected chi connectivity index (χ3v) is 5.28. The standard InChI is InChI=1S/C18H29N4O/c1-14-8-9-16-17(19-3)18(20-21(16)15(14)2)23-13-12-22(4)10-6-5-7-11-22/h8-9,19H,5-7,10-13H2,1-4H3/q+1. The Balaban J connectivity index is 1.76. The summed E-state index contributed by atoms with van der Waals surface area (Å²) in [5.74, 6) is 0.713. The van der Waals surface area contributed by atoms with Crippen LogP contribution in [0.3, 0.4) is 0 Å². The van der Waals surface area contributed by atoms with Crippen LogP contribution in [-0.2, 0) is 0 Å². The zero-order valence-electron chi connectivity index (χ0n) is 14.9. The monoisotopic (exact) mass is 317 g/mol. The second kappa shape index (κ2) is 6.40. The largest absolute Gasteiger partial charge is 0.469 e. The van der Waals surface area contributed by atoms with Gasteiger partial charge in [0.05, 0.1) is 25.7 Å². The minimum absolute atomic E-state index is 0.713. The molecule has 1 N–H and O–H groups in total. The topological polar surface area (TPSA) is 38.6 Å². The molecular weight excluding hydrogens is 288 g/mol. The van der Waals surface area contributed by atoms with Gasteiger partial charge < -0.3 is 14.5 Å². The maximum absolute atomic E-state index is 6.07. The van der Waals surface area contributed by atoms with Gasteiger partial charge in [-0.15, -0.1) is 5.10 Å². The fourth-order valence-electron chi connectivity index (χ4n) is 3.51. The Morgan fingerprint density at radius 3 is 2.65 bits per heavy atom. The van der Waals surface area contributed by atoms with Gasteiger partial charge in [-0.1, -0.05) is 6.07 Å². The highest BCUT2D eigenvalue weighted by molar-refractivity contribution is 5.77. The predicted molar refractivity (Wildman–Crippen MR) is 94.3 cm³/mol. The second-order valence-corrected chi connectivity index (χ2v) is 7.03. The summed E-state index contributed by atoms with van der Waals surface area (Å²) in [7, 11) is 4.27. The van der Waals surface area contributed by atoms with Crippen LogP contribution >= 0.6 is 0 Å². The van der Waals surface area contributed by atoms with Crippen LogP contribution in [-0.4, -0.2) is 54.4 Å². The van der Waals surface area contributed by atoms with E-state index >= 15 is 0 Å². The number of hydrogen-bond acceptors (Lipinski definition) is 3. The third kappa shape index (κ3) is 3.15. The number of ether oxygens (including phenoxy) is 1. The maximum Gasteiger partial charge on any atom is 0.257 e. The van der Waals surface area contributed by atoms with Crippen LogP contribution in [0.1, 0.15) is 30.5 Å². The molecular formula is C18H29N4O+. The lowest BCUT2D eigenvalue weighted by Gasteiger charge is -2.37. The van der Waals surface area contributed by atoms with E-state index in [9.17, 15) is 0 Å². The minimum atomic E-state index is 0.713. The number of rotatable bonds is 5. The highest BCUT2D eigenvalue weighted by atomic mass is 16.5. The van der Waals surface area contributed by atoms with Gasteiger partial charge in [-0.2, -0.15) is 0 Å². The van der Waals surface area contributed by atoms with Crippen molar-refractivity contribution in [1.82, 2.24) is 9.61 Å². The Labute approximate surface area is 138 Å². The van der Waals surface area contributed by atoms with Crippen molar-refractivity contribution in [3.8, 4) is 5.88 Å². The SMILES string of the molecule is CNc1c(OCC[N+]2(C)CCCCC2)nn2c(C)c(C)ccc12. The summed E-state index contributed by atoms with van der Waals surface area (Å²) >= 11 is 0. The second-order valence-electron chi connectivity index (χ2n) is 7.03. The molecule has 2 aromatic heterocycles. The molecule has 1 fully saturated rings. The van der Waals surface area contributed by atoms with E-state index in [1.54, 1.807) is 0 Å². The van der Waals surface area contributed by atoms with E-state index < -0.39 is 0 Å². The molecule has 0 aliphatic carbocycles. The van der Waals surface area contributed by atoms with Crippen molar-refractivity contribution < 1.29 is 9.22 Å². The average molecular weight is 317 g/mol. The van der Waals surface area contributed by atoms with Crippen LogP contribution in [0.25, 0.3) is 5.52 Å². The summed E-state index contributed by atoms with van der Waals surface area (Å²) in [4.78, 5) is 0. The van der Waals surface area contributed by atoms with Crippen molar-refractivity contribution in [2.45, 2.75) is 33.1 Å². The first kappa shape index (κ1) is 16.1. The fourth-order valence-corrected chi connectivity index (χ4v) is 3.51. The van der Waals surface area contributed by atoms with Crippen molar-refractivity contribution in [2.24, 2.45) is 0 Å². The molecule has 0 spiro atoms. The van der Waals surface area contributed by atoms with E-state index in [1.165, 1.54) is 37.9 Å². The van der Waals surface area contributed by atoms with Gasteiger partial charge in [0, 0.05) is 12.7 Å². The van der Waals surface area contributed by atoms with Crippen molar-refractivity contribution in [1.29, 1.82) is 0 Å². The molecule has 0 unspecified atom stereocenters. The lowest BCUT2D eigenvalue weighted by Crippen LogP contribution is -2.50. The van der Waals surface area contributed by atoms with Crippen LogP contribution in [0.4, 0.5) is 5.69 Å². The Bertz CT molecular complexity index is 686. The molecule has 2 aromatic rings. The minimum Gasteiger partial charge on any atom is -0.469 e. The third-order valence-electron chi connectivity index (χ3n) is 5.28. The van der Waals surface area contributed by atoms with E-state index in [2.05, 4.69) is 43.4 Å². The average Bonchev–Trinajstić information content (AvgIpc) is 2.90. The fraction of sp³-hybridized carbons (Fsp3) is 0.611. The molecule has 1 aliphatic heterocycles. The lowest BCUT2D eigenvalue weighted by molar-refractivity contribution is -0.914. The number of likely N-dealkylation sites (tertiary alicyclic amines) is 1. The number of pyridine rings is 1. The number of hydrogen-bond donors (Lipinski definition) is 1. The van der Waals surface area contributed by atoms with Crippen LogP contribution in [0.5, 0.6) is 5.88 Å². The summed E-state index contributed by atoms with van der Waals surface area (Å²) in [6, 6.07) is 4.24. The smallest absolute Gasteiger partial charge is 0.257 e. The summed E-state index contributed by atoms with van der Waals surface area (Å²) in [5.41, 5.74) is 4.45. The summed E-state index contributed by atoms with van der Waals surface area (Å²) in [6.45, 7) is 8.51. The highest BCUT2D eigenvalue weighted by Gasteiger charge is 2.25. The lowest BCUT2D eigenvalue weighted by atomic mass is 10.1. The van der Waals surface area contributed by atoms with Crippen LogP contribution in [0.2, 0.25) is 0 Å². The molecule has 0 saturated carbocycles. The van der Waals surface area contributed by atoms with E-state index in [0.717, 1.165) is 27.9 Å². The highest BCUT2D eigenvalue weighted by Crippen LogP contribution is 2.30. The van der Waals surface area contributed by atoms with E-state index in [1.807, 2.05) is 11.6 Å². The van der Waals surface area contributed by atoms with Gasteiger partial charge in [-0.3, -0.25) is 0 Å². The van der Waals surface area contributed by atoms with Crippen molar-refractivity contribution in [3.05, 3.63) is 23.4 Å². The molecule has 0 atom stereocenters. The molecule has 23 heavy (non-hydrogen) atoms. The molecule has 5 heteroatoms. The van der Waals surface area contributed by atoms with Crippen molar-refractivity contribution in [3.63, 3.8) is 0 Å². The van der Waals surface area contributed by atoms with Gasteiger partial charge in [-0.25, -0.2) is 4.52 Å². The molecule has 0 aromatic carbocycles. The number of piperidine rings is 1. The molecule has 0 radical (unpaired) electrons. The van der Waals surface area contributed by atoms with Crippen molar-refractivity contribution in [2.75, 3.05) is 45.7 Å². The number of nitrogens with one attached hydrogen (secondary N) is 1.